The highest BCUT2D eigenvalue weighted by Gasteiger charge is 2.31. The number of amides is 1. The van der Waals surface area contributed by atoms with Crippen molar-refractivity contribution in [1.82, 2.24) is 4.90 Å². The van der Waals surface area contributed by atoms with E-state index < -0.39 is 10.0 Å². The van der Waals surface area contributed by atoms with E-state index in [0.717, 1.165) is 6.42 Å². The van der Waals surface area contributed by atoms with Crippen LogP contribution >= 0.6 is 11.3 Å². The van der Waals surface area contributed by atoms with Crippen LogP contribution < -0.4 is 4.31 Å². The molecule has 4 rings (SSSR count). The molecule has 3 heterocycles. The Bertz CT molecular complexity index is 920. The van der Waals surface area contributed by atoms with Gasteiger partial charge < -0.3 is 4.90 Å². The first-order chi connectivity index (χ1) is 12.0. The molecule has 0 spiro atoms. The maximum absolute atomic E-state index is 13.0. The Morgan fingerprint density at radius 2 is 2.08 bits per heavy atom. The molecule has 1 fully saturated rings. The van der Waals surface area contributed by atoms with Gasteiger partial charge in [0.05, 0.1) is 17.5 Å². The van der Waals surface area contributed by atoms with Crippen LogP contribution in [-0.4, -0.2) is 38.1 Å². The van der Waals surface area contributed by atoms with Crippen LogP contribution in [0.25, 0.3) is 0 Å². The molecule has 0 saturated carbocycles. The van der Waals surface area contributed by atoms with E-state index in [0.29, 0.717) is 30.8 Å². The van der Waals surface area contributed by atoms with Gasteiger partial charge in [-0.3, -0.25) is 9.10 Å². The van der Waals surface area contributed by atoms with Crippen molar-refractivity contribution in [2.45, 2.75) is 25.8 Å². The molecule has 0 N–H and O–H groups in total. The summed E-state index contributed by atoms with van der Waals surface area (Å²) < 4.78 is 25.7. The van der Waals surface area contributed by atoms with Gasteiger partial charge in [-0.25, -0.2) is 8.42 Å². The van der Waals surface area contributed by atoms with E-state index >= 15 is 0 Å². The zero-order valence-electron chi connectivity index (χ0n) is 14.0. The molecule has 1 saturated heterocycles. The quantitative estimate of drug-likeness (QED) is 0.809. The SMILES string of the molecule is CC1c2ccsc2CCN1C(=O)c1cccc(N2CCCS2(=O)=O)c1. The van der Waals surface area contributed by atoms with Gasteiger partial charge in [-0.05, 0) is 55.0 Å². The summed E-state index contributed by atoms with van der Waals surface area (Å²) >= 11 is 1.75. The van der Waals surface area contributed by atoms with Crippen LogP contribution in [0.1, 0.15) is 40.2 Å². The number of fused-ring (bicyclic) bond motifs is 1. The first-order valence-electron chi connectivity index (χ1n) is 8.45. The summed E-state index contributed by atoms with van der Waals surface area (Å²) in [6, 6.07) is 9.14. The summed E-state index contributed by atoms with van der Waals surface area (Å²) in [6.45, 7) is 3.23. The molecule has 0 aliphatic carbocycles. The molecular weight excluding hydrogens is 356 g/mol. The molecule has 2 aliphatic heterocycles. The summed E-state index contributed by atoms with van der Waals surface area (Å²) in [5.41, 5.74) is 2.36. The van der Waals surface area contributed by atoms with Crippen molar-refractivity contribution in [1.29, 1.82) is 0 Å². The lowest BCUT2D eigenvalue weighted by atomic mass is 10.00. The lowest BCUT2D eigenvalue weighted by Crippen LogP contribution is -2.38. The molecule has 132 valence electrons. The molecule has 2 aromatic rings. The number of thiophene rings is 1. The molecule has 1 aromatic heterocycles. The minimum atomic E-state index is -3.24. The maximum Gasteiger partial charge on any atom is 0.254 e. The summed E-state index contributed by atoms with van der Waals surface area (Å²) in [6.07, 6.45) is 1.51. The Morgan fingerprint density at radius 1 is 1.24 bits per heavy atom. The topological polar surface area (TPSA) is 57.7 Å². The van der Waals surface area contributed by atoms with E-state index in [9.17, 15) is 13.2 Å². The molecule has 1 unspecified atom stereocenters. The van der Waals surface area contributed by atoms with E-state index in [1.807, 2.05) is 4.90 Å². The fourth-order valence-electron chi connectivity index (χ4n) is 3.68. The third-order valence-corrected chi connectivity index (χ3v) is 7.88. The van der Waals surface area contributed by atoms with Crippen LogP contribution in [0.2, 0.25) is 0 Å². The van der Waals surface area contributed by atoms with Crippen molar-refractivity contribution in [2.24, 2.45) is 0 Å². The number of rotatable bonds is 2. The fourth-order valence-corrected chi connectivity index (χ4v) is 6.20. The zero-order chi connectivity index (χ0) is 17.6. The molecule has 1 atom stereocenters. The second-order valence-corrected chi connectivity index (χ2v) is 9.53. The fraction of sp³-hybridized carbons (Fsp3) is 0.389. The molecule has 7 heteroatoms. The van der Waals surface area contributed by atoms with Gasteiger partial charge >= 0.3 is 0 Å². The molecule has 0 radical (unpaired) electrons. The molecule has 0 bridgehead atoms. The van der Waals surface area contributed by atoms with Crippen molar-refractivity contribution in [2.75, 3.05) is 23.1 Å². The Morgan fingerprint density at radius 3 is 2.84 bits per heavy atom. The second kappa shape index (κ2) is 6.14. The van der Waals surface area contributed by atoms with Crippen molar-refractivity contribution in [3.05, 3.63) is 51.7 Å². The summed E-state index contributed by atoms with van der Waals surface area (Å²) in [5, 5.41) is 2.08. The normalized spacial score (nSPS) is 22.0. The molecule has 1 amide bonds. The monoisotopic (exact) mass is 376 g/mol. The van der Waals surface area contributed by atoms with Crippen molar-refractivity contribution in [3.8, 4) is 0 Å². The van der Waals surface area contributed by atoms with Gasteiger partial charge in [-0.15, -0.1) is 11.3 Å². The lowest BCUT2D eigenvalue weighted by molar-refractivity contribution is 0.0679. The van der Waals surface area contributed by atoms with Crippen LogP contribution in [0.4, 0.5) is 5.69 Å². The summed E-state index contributed by atoms with van der Waals surface area (Å²) in [5.74, 6) is 0.137. The highest BCUT2D eigenvalue weighted by atomic mass is 32.2. The maximum atomic E-state index is 13.0. The largest absolute Gasteiger partial charge is 0.331 e. The minimum Gasteiger partial charge on any atom is -0.331 e. The number of carbonyl (C=O) groups is 1. The van der Waals surface area contributed by atoms with Crippen LogP contribution in [-0.2, 0) is 16.4 Å². The zero-order valence-corrected chi connectivity index (χ0v) is 15.6. The Balaban J connectivity index is 1.62. The number of hydrogen-bond acceptors (Lipinski definition) is 4. The summed E-state index contributed by atoms with van der Waals surface area (Å²) in [7, 11) is -3.24. The van der Waals surface area contributed by atoms with Gasteiger partial charge in [0.2, 0.25) is 10.0 Å². The van der Waals surface area contributed by atoms with Gasteiger partial charge in [0, 0.05) is 23.5 Å². The van der Waals surface area contributed by atoms with Gasteiger partial charge in [0.1, 0.15) is 0 Å². The van der Waals surface area contributed by atoms with Gasteiger partial charge in [-0.2, -0.15) is 0 Å². The Kier molecular flexibility index (Phi) is 4.08. The number of benzene rings is 1. The summed E-state index contributed by atoms with van der Waals surface area (Å²) in [4.78, 5) is 16.3. The number of carbonyl (C=O) groups excluding carboxylic acids is 1. The van der Waals surface area contributed by atoms with Crippen molar-refractivity contribution >= 4 is 33.0 Å². The van der Waals surface area contributed by atoms with E-state index in [1.165, 1.54) is 14.7 Å². The van der Waals surface area contributed by atoms with Crippen molar-refractivity contribution < 1.29 is 13.2 Å². The predicted molar refractivity (Wildman–Crippen MR) is 99.7 cm³/mol. The number of sulfonamides is 1. The van der Waals surface area contributed by atoms with Crippen LogP contribution in [0.3, 0.4) is 0 Å². The first kappa shape index (κ1) is 16.6. The minimum absolute atomic E-state index is 0.0391. The third kappa shape index (κ3) is 2.85. The smallest absolute Gasteiger partial charge is 0.254 e. The van der Waals surface area contributed by atoms with Gasteiger partial charge in [0.15, 0.2) is 0 Å². The Hall–Kier alpha value is -1.86. The molecule has 25 heavy (non-hydrogen) atoms. The Labute approximate surface area is 151 Å². The van der Waals surface area contributed by atoms with Crippen LogP contribution in [0, 0.1) is 0 Å². The third-order valence-electron chi connectivity index (χ3n) is 5.02. The lowest BCUT2D eigenvalue weighted by Gasteiger charge is -2.34. The van der Waals surface area contributed by atoms with E-state index in [-0.39, 0.29) is 17.7 Å². The standard InChI is InChI=1S/C18H20N2O3S2/c1-13-16-7-10-24-17(16)6-9-19(13)18(21)14-4-2-5-15(12-14)20-8-3-11-25(20,22)23/h2,4-5,7,10,12-13H,3,6,8-9,11H2,1H3. The van der Waals surface area contributed by atoms with Gasteiger partial charge in [0.25, 0.3) is 5.91 Å². The van der Waals surface area contributed by atoms with E-state index in [2.05, 4.69) is 18.4 Å². The molecule has 1 aromatic carbocycles. The number of nitrogens with zero attached hydrogens (tertiary/aromatic N) is 2. The van der Waals surface area contributed by atoms with Crippen LogP contribution in [0.5, 0.6) is 0 Å². The molecule has 2 aliphatic rings. The highest BCUT2D eigenvalue weighted by molar-refractivity contribution is 7.93. The predicted octanol–water partition coefficient (Wildman–Crippen LogP) is 3.05. The van der Waals surface area contributed by atoms with Gasteiger partial charge in [-0.1, -0.05) is 6.07 Å². The number of anilines is 1. The second-order valence-electron chi connectivity index (χ2n) is 6.52. The highest BCUT2D eigenvalue weighted by Crippen LogP contribution is 2.34. The van der Waals surface area contributed by atoms with E-state index in [1.54, 1.807) is 35.6 Å². The average molecular weight is 377 g/mol. The molecular formula is C18H20N2O3S2. The van der Waals surface area contributed by atoms with Crippen LogP contribution in [0.15, 0.2) is 35.7 Å². The number of hydrogen-bond donors (Lipinski definition) is 0. The molecule has 5 nitrogen and oxygen atoms in total. The van der Waals surface area contributed by atoms with E-state index in [4.69, 9.17) is 0 Å². The van der Waals surface area contributed by atoms with Crippen molar-refractivity contribution in [3.63, 3.8) is 0 Å². The first-order valence-corrected chi connectivity index (χ1v) is 10.9. The average Bonchev–Trinajstić information content (AvgIpc) is 3.21.